The number of hydrogen-bond acceptors (Lipinski definition) is 4. The van der Waals surface area contributed by atoms with Gasteiger partial charge in [-0.2, -0.15) is 0 Å². The Kier molecular flexibility index (Phi) is 6.39. The van der Waals surface area contributed by atoms with Crippen LogP contribution in [-0.2, 0) is 6.54 Å². The molecule has 1 N–H and O–H groups in total. The zero-order valence-electron chi connectivity index (χ0n) is 17.7. The zero-order chi connectivity index (χ0) is 20.1. The predicted octanol–water partition coefficient (Wildman–Crippen LogP) is 2.66. The van der Waals surface area contributed by atoms with Crippen LogP contribution in [0.3, 0.4) is 0 Å². The standard InChI is InChI=1S/C22H32N6/c1-17-8-6-10-20(18(17)2)27-12-14-28(15-13-27)22(23-3)25-16-19-9-7-11-24-21(19)26(4)5/h6-11H,12-16H2,1-5H3,(H,23,25). The van der Waals surface area contributed by atoms with Crippen molar-refractivity contribution in [2.45, 2.75) is 20.4 Å². The van der Waals surface area contributed by atoms with E-state index in [1.165, 1.54) is 22.4 Å². The zero-order valence-corrected chi connectivity index (χ0v) is 17.7. The summed E-state index contributed by atoms with van der Waals surface area (Å²) in [6.07, 6.45) is 1.83. The first-order valence-electron chi connectivity index (χ1n) is 9.89. The Morgan fingerprint density at radius 3 is 2.54 bits per heavy atom. The molecule has 0 aliphatic carbocycles. The van der Waals surface area contributed by atoms with Crippen LogP contribution in [-0.4, -0.2) is 63.2 Å². The van der Waals surface area contributed by atoms with Crippen LogP contribution in [0.2, 0.25) is 0 Å². The van der Waals surface area contributed by atoms with Crippen LogP contribution in [0.4, 0.5) is 11.5 Å². The van der Waals surface area contributed by atoms with Gasteiger partial charge in [0.15, 0.2) is 5.96 Å². The summed E-state index contributed by atoms with van der Waals surface area (Å²) in [5.41, 5.74) is 5.26. The number of aryl methyl sites for hydroxylation is 1. The monoisotopic (exact) mass is 380 g/mol. The van der Waals surface area contributed by atoms with E-state index < -0.39 is 0 Å². The third kappa shape index (κ3) is 4.38. The van der Waals surface area contributed by atoms with Gasteiger partial charge in [-0.25, -0.2) is 4.98 Å². The number of aromatic nitrogens is 1. The number of nitrogens with one attached hydrogen (secondary N) is 1. The molecule has 1 saturated heterocycles. The summed E-state index contributed by atoms with van der Waals surface area (Å²) in [5.74, 6) is 1.94. The molecule has 0 unspecified atom stereocenters. The molecule has 1 aromatic carbocycles. The number of hydrogen-bond donors (Lipinski definition) is 1. The Hall–Kier alpha value is -2.76. The van der Waals surface area contributed by atoms with Gasteiger partial charge in [-0.05, 0) is 37.1 Å². The maximum absolute atomic E-state index is 4.51. The highest BCUT2D eigenvalue weighted by atomic mass is 15.3. The molecule has 150 valence electrons. The van der Waals surface area contributed by atoms with E-state index in [1.54, 1.807) is 0 Å². The Labute approximate surface area is 168 Å². The topological polar surface area (TPSA) is 47.0 Å². The smallest absolute Gasteiger partial charge is 0.194 e. The minimum Gasteiger partial charge on any atom is -0.368 e. The van der Waals surface area contributed by atoms with Gasteiger partial charge in [0.1, 0.15) is 5.82 Å². The lowest BCUT2D eigenvalue weighted by Crippen LogP contribution is -2.52. The van der Waals surface area contributed by atoms with Gasteiger partial charge in [0, 0.05) is 71.3 Å². The Bertz CT molecular complexity index is 822. The number of anilines is 2. The fourth-order valence-electron chi connectivity index (χ4n) is 3.71. The summed E-state index contributed by atoms with van der Waals surface area (Å²) in [7, 11) is 5.90. The second-order valence-corrected chi connectivity index (χ2v) is 7.47. The van der Waals surface area contributed by atoms with E-state index in [4.69, 9.17) is 0 Å². The predicted molar refractivity (Wildman–Crippen MR) is 118 cm³/mol. The van der Waals surface area contributed by atoms with Crippen LogP contribution in [0.15, 0.2) is 41.5 Å². The second-order valence-electron chi connectivity index (χ2n) is 7.47. The fraction of sp³-hybridized carbons (Fsp3) is 0.455. The van der Waals surface area contributed by atoms with E-state index >= 15 is 0 Å². The largest absolute Gasteiger partial charge is 0.368 e. The maximum Gasteiger partial charge on any atom is 0.194 e. The minimum absolute atomic E-state index is 0.714. The first-order chi connectivity index (χ1) is 13.5. The van der Waals surface area contributed by atoms with Gasteiger partial charge in [-0.3, -0.25) is 4.99 Å². The van der Waals surface area contributed by atoms with Crippen molar-refractivity contribution in [2.75, 3.05) is 57.1 Å². The van der Waals surface area contributed by atoms with Crippen LogP contribution in [0.5, 0.6) is 0 Å². The molecule has 6 heteroatoms. The molecule has 0 bridgehead atoms. The van der Waals surface area contributed by atoms with Crippen molar-refractivity contribution in [3.63, 3.8) is 0 Å². The molecule has 0 saturated carbocycles. The van der Waals surface area contributed by atoms with Crippen molar-refractivity contribution < 1.29 is 0 Å². The molecule has 0 spiro atoms. The summed E-state index contributed by atoms with van der Waals surface area (Å²) >= 11 is 0. The maximum atomic E-state index is 4.51. The molecule has 1 aliphatic heterocycles. The van der Waals surface area contributed by atoms with Crippen molar-refractivity contribution in [1.82, 2.24) is 15.2 Å². The first-order valence-corrected chi connectivity index (χ1v) is 9.89. The molecule has 28 heavy (non-hydrogen) atoms. The summed E-state index contributed by atoms with van der Waals surface area (Å²) in [4.78, 5) is 15.9. The summed E-state index contributed by atoms with van der Waals surface area (Å²) in [6, 6.07) is 10.7. The molecular formula is C22H32N6. The van der Waals surface area contributed by atoms with Crippen LogP contribution in [0.25, 0.3) is 0 Å². The number of pyridine rings is 1. The van der Waals surface area contributed by atoms with Crippen molar-refractivity contribution in [2.24, 2.45) is 4.99 Å². The highest BCUT2D eigenvalue weighted by Gasteiger charge is 2.21. The summed E-state index contributed by atoms with van der Waals surface area (Å²) in [6.45, 7) is 9.03. The lowest BCUT2D eigenvalue weighted by Gasteiger charge is -2.38. The molecule has 1 aromatic heterocycles. The number of piperazine rings is 1. The molecule has 2 aromatic rings. The van der Waals surface area contributed by atoms with Gasteiger partial charge in [-0.1, -0.05) is 18.2 Å². The first kappa shape index (κ1) is 20.0. The van der Waals surface area contributed by atoms with Crippen molar-refractivity contribution >= 4 is 17.5 Å². The van der Waals surface area contributed by atoms with Gasteiger partial charge in [-0.15, -0.1) is 0 Å². The van der Waals surface area contributed by atoms with Gasteiger partial charge in [0.25, 0.3) is 0 Å². The van der Waals surface area contributed by atoms with Crippen LogP contribution in [0, 0.1) is 13.8 Å². The van der Waals surface area contributed by atoms with Gasteiger partial charge in [0.2, 0.25) is 0 Å². The van der Waals surface area contributed by atoms with Gasteiger partial charge in [0.05, 0.1) is 0 Å². The number of nitrogens with zero attached hydrogens (tertiary/aromatic N) is 5. The van der Waals surface area contributed by atoms with Crippen LogP contribution >= 0.6 is 0 Å². The number of guanidine groups is 1. The SMILES string of the molecule is CN=C(NCc1cccnc1N(C)C)N1CCN(c2cccc(C)c2C)CC1. The highest BCUT2D eigenvalue weighted by molar-refractivity contribution is 5.80. The number of rotatable bonds is 4. The minimum atomic E-state index is 0.714. The average Bonchev–Trinajstić information content (AvgIpc) is 2.71. The van der Waals surface area contributed by atoms with E-state index in [0.29, 0.717) is 6.54 Å². The van der Waals surface area contributed by atoms with Gasteiger partial charge >= 0.3 is 0 Å². The van der Waals surface area contributed by atoms with Crippen molar-refractivity contribution in [3.8, 4) is 0 Å². The molecule has 3 rings (SSSR count). The lowest BCUT2D eigenvalue weighted by molar-refractivity contribution is 0.372. The molecule has 1 aliphatic rings. The molecular weight excluding hydrogens is 348 g/mol. The number of aliphatic imine (C=N–C) groups is 1. The van der Waals surface area contributed by atoms with Crippen LogP contribution in [0.1, 0.15) is 16.7 Å². The molecule has 0 amide bonds. The van der Waals surface area contributed by atoms with Crippen LogP contribution < -0.4 is 15.1 Å². The number of benzene rings is 1. The molecule has 0 atom stereocenters. The Morgan fingerprint density at radius 1 is 1.11 bits per heavy atom. The normalized spacial score (nSPS) is 15.0. The van der Waals surface area contributed by atoms with E-state index in [9.17, 15) is 0 Å². The third-order valence-corrected chi connectivity index (χ3v) is 5.44. The van der Waals surface area contributed by atoms with E-state index in [2.05, 4.69) is 63.2 Å². The van der Waals surface area contributed by atoms with E-state index in [1.807, 2.05) is 38.3 Å². The quantitative estimate of drug-likeness (QED) is 0.653. The third-order valence-electron chi connectivity index (χ3n) is 5.44. The molecule has 6 nitrogen and oxygen atoms in total. The van der Waals surface area contributed by atoms with E-state index in [0.717, 1.165) is 38.0 Å². The Balaban J connectivity index is 1.61. The molecule has 2 heterocycles. The lowest BCUT2D eigenvalue weighted by atomic mass is 10.1. The second kappa shape index (κ2) is 8.95. The fourth-order valence-corrected chi connectivity index (χ4v) is 3.71. The average molecular weight is 381 g/mol. The Morgan fingerprint density at radius 2 is 1.86 bits per heavy atom. The van der Waals surface area contributed by atoms with Crippen molar-refractivity contribution in [1.29, 1.82) is 0 Å². The van der Waals surface area contributed by atoms with Gasteiger partial charge < -0.3 is 20.0 Å². The van der Waals surface area contributed by atoms with E-state index in [-0.39, 0.29) is 0 Å². The van der Waals surface area contributed by atoms with Crippen molar-refractivity contribution in [3.05, 3.63) is 53.2 Å². The molecule has 0 radical (unpaired) electrons. The summed E-state index contributed by atoms with van der Waals surface area (Å²) in [5, 5.41) is 3.52. The molecule has 1 fully saturated rings. The highest BCUT2D eigenvalue weighted by Crippen LogP contribution is 2.24. The summed E-state index contributed by atoms with van der Waals surface area (Å²) < 4.78 is 0.